The number of halogens is 8. The predicted molar refractivity (Wildman–Crippen MR) is 37.8 cm³/mol. The van der Waals surface area contributed by atoms with Crippen molar-refractivity contribution >= 4 is 0 Å². The van der Waals surface area contributed by atoms with E-state index in [1.165, 1.54) is 0 Å². The fourth-order valence-corrected chi connectivity index (χ4v) is 1.29. The van der Waals surface area contributed by atoms with E-state index in [1.54, 1.807) is 0 Å². The van der Waals surface area contributed by atoms with Crippen molar-refractivity contribution in [3.8, 4) is 0 Å². The van der Waals surface area contributed by atoms with Crippen LogP contribution in [0.1, 0.15) is 6.42 Å². The molecule has 0 aromatic carbocycles. The molecule has 0 spiro atoms. The van der Waals surface area contributed by atoms with Crippen LogP contribution in [0.5, 0.6) is 0 Å². The second-order valence-electron chi connectivity index (χ2n) is 3.08. The molecule has 8 heteroatoms. The van der Waals surface area contributed by atoms with E-state index in [0.717, 1.165) is 0 Å². The molecular formula is C8H4F8. The van der Waals surface area contributed by atoms with E-state index < -0.39 is 41.9 Å². The van der Waals surface area contributed by atoms with Crippen molar-refractivity contribution < 1.29 is 35.1 Å². The third kappa shape index (κ3) is 2.53. The standard InChI is InChI=1S/C8H4F8/c9-3-1-4(7(11,12)13)6(5(10)2-3)8(14,15)16/h1,3H,2H2. The molecular weight excluding hydrogens is 248 g/mol. The van der Waals surface area contributed by atoms with Gasteiger partial charge < -0.3 is 0 Å². The maximum Gasteiger partial charge on any atom is 0.419 e. The van der Waals surface area contributed by atoms with Crippen molar-refractivity contribution in [2.75, 3.05) is 0 Å². The Labute approximate surface area is 84.2 Å². The smallest absolute Gasteiger partial charge is 0.242 e. The normalized spacial score (nSPS) is 23.5. The van der Waals surface area contributed by atoms with Crippen molar-refractivity contribution in [2.45, 2.75) is 24.9 Å². The summed E-state index contributed by atoms with van der Waals surface area (Å²) in [5.74, 6) is -2.13. The van der Waals surface area contributed by atoms with Crippen LogP contribution in [-0.2, 0) is 0 Å². The highest BCUT2D eigenvalue weighted by atomic mass is 19.4. The molecule has 0 bridgehead atoms. The molecule has 0 fully saturated rings. The minimum absolute atomic E-state index is 0.258. The quantitative estimate of drug-likeness (QED) is 0.571. The first-order chi connectivity index (χ1) is 7.03. The fraction of sp³-hybridized carbons (Fsp3) is 0.500. The van der Waals surface area contributed by atoms with E-state index in [0.29, 0.717) is 0 Å². The Kier molecular flexibility index (Phi) is 3.04. The number of hydrogen-bond donors (Lipinski definition) is 0. The lowest BCUT2D eigenvalue weighted by atomic mass is 9.95. The second-order valence-corrected chi connectivity index (χ2v) is 3.08. The van der Waals surface area contributed by atoms with Crippen molar-refractivity contribution in [1.29, 1.82) is 0 Å². The van der Waals surface area contributed by atoms with Gasteiger partial charge in [0.25, 0.3) is 0 Å². The highest BCUT2D eigenvalue weighted by Gasteiger charge is 2.50. The van der Waals surface area contributed by atoms with Gasteiger partial charge in [-0.1, -0.05) is 0 Å². The van der Waals surface area contributed by atoms with Gasteiger partial charge in [0, 0.05) is 6.42 Å². The Morgan fingerprint density at radius 1 is 1.00 bits per heavy atom. The SMILES string of the molecule is FC1=C(C(F)(F)F)C(C(F)(F)F)=CC(F)C1. The van der Waals surface area contributed by atoms with E-state index in [2.05, 4.69) is 0 Å². The Hall–Kier alpha value is -1.08. The van der Waals surface area contributed by atoms with Crippen LogP contribution in [0.25, 0.3) is 0 Å². The lowest BCUT2D eigenvalue weighted by Crippen LogP contribution is -2.28. The van der Waals surface area contributed by atoms with Gasteiger partial charge in [-0.2, -0.15) is 26.3 Å². The highest BCUT2D eigenvalue weighted by Crippen LogP contribution is 2.45. The molecule has 0 amide bonds. The van der Waals surface area contributed by atoms with E-state index in [1.807, 2.05) is 0 Å². The number of alkyl halides is 7. The van der Waals surface area contributed by atoms with Gasteiger partial charge in [0.2, 0.25) is 0 Å². The van der Waals surface area contributed by atoms with Crippen LogP contribution >= 0.6 is 0 Å². The lowest BCUT2D eigenvalue weighted by Gasteiger charge is -2.23. The average Bonchev–Trinajstić information content (AvgIpc) is 1.97. The summed E-state index contributed by atoms with van der Waals surface area (Å²) in [7, 11) is 0. The van der Waals surface area contributed by atoms with Gasteiger partial charge in [-0.15, -0.1) is 0 Å². The molecule has 1 unspecified atom stereocenters. The molecule has 1 aliphatic carbocycles. The van der Waals surface area contributed by atoms with Crippen molar-refractivity contribution in [3.05, 3.63) is 23.0 Å². The van der Waals surface area contributed by atoms with E-state index in [-0.39, 0.29) is 6.08 Å². The molecule has 0 saturated heterocycles. The largest absolute Gasteiger partial charge is 0.419 e. The van der Waals surface area contributed by atoms with Crippen LogP contribution in [0.15, 0.2) is 23.0 Å². The number of rotatable bonds is 0. The van der Waals surface area contributed by atoms with Crippen LogP contribution in [-0.4, -0.2) is 18.5 Å². The monoisotopic (exact) mass is 252 g/mol. The first kappa shape index (κ1) is 13.0. The molecule has 0 nitrogen and oxygen atoms in total. The van der Waals surface area contributed by atoms with Crippen molar-refractivity contribution in [3.63, 3.8) is 0 Å². The molecule has 0 aromatic heterocycles. The summed E-state index contributed by atoms with van der Waals surface area (Å²) in [6, 6.07) is 0. The van der Waals surface area contributed by atoms with Gasteiger partial charge in [-0.3, -0.25) is 0 Å². The number of hydrogen-bond acceptors (Lipinski definition) is 0. The summed E-state index contributed by atoms with van der Waals surface area (Å²) in [5.41, 5.74) is -4.75. The van der Waals surface area contributed by atoms with Crippen LogP contribution in [0.3, 0.4) is 0 Å². The van der Waals surface area contributed by atoms with Crippen molar-refractivity contribution in [1.82, 2.24) is 0 Å². The molecule has 0 aliphatic heterocycles. The zero-order valence-electron chi connectivity index (χ0n) is 7.39. The predicted octanol–water partition coefficient (Wildman–Crippen LogP) is 4.00. The summed E-state index contributed by atoms with van der Waals surface area (Å²) in [6.07, 6.45) is -14.9. The first-order valence-corrected chi connectivity index (χ1v) is 3.92. The van der Waals surface area contributed by atoms with Gasteiger partial charge in [-0.05, 0) is 6.08 Å². The minimum Gasteiger partial charge on any atom is -0.242 e. The van der Waals surface area contributed by atoms with Crippen molar-refractivity contribution in [2.24, 2.45) is 0 Å². The summed E-state index contributed by atoms with van der Waals surface area (Å²) in [4.78, 5) is 0. The molecule has 1 aliphatic rings. The Morgan fingerprint density at radius 3 is 1.88 bits per heavy atom. The third-order valence-corrected chi connectivity index (χ3v) is 1.85. The molecule has 0 saturated carbocycles. The lowest BCUT2D eigenvalue weighted by molar-refractivity contribution is -0.120. The van der Waals surface area contributed by atoms with Crippen LogP contribution in [0.4, 0.5) is 35.1 Å². The van der Waals surface area contributed by atoms with Crippen LogP contribution in [0, 0.1) is 0 Å². The van der Waals surface area contributed by atoms with Gasteiger partial charge in [0.1, 0.15) is 12.0 Å². The maximum absolute atomic E-state index is 12.8. The molecule has 0 N–H and O–H groups in total. The highest BCUT2D eigenvalue weighted by molar-refractivity contribution is 5.43. The molecule has 1 rings (SSSR count). The Balaban J connectivity index is 3.31. The first-order valence-electron chi connectivity index (χ1n) is 3.92. The zero-order valence-corrected chi connectivity index (χ0v) is 7.39. The van der Waals surface area contributed by atoms with Gasteiger partial charge >= 0.3 is 12.4 Å². The second kappa shape index (κ2) is 3.74. The van der Waals surface area contributed by atoms with Crippen LogP contribution < -0.4 is 0 Å². The molecule has 0 aromatic rings. The minimum atomic E-state index is -5.49. The molecule has 1 atom stereocenters. The zero-order chi connectivity index (χ0) is 12.7. The average molecular weight is 252 g/mol. The fourth-order valence-electron chi connectivity index (χ4n) is 1.29. The van der Waals surface area contributed by atoms with Crippen LogP contribution in [0.2, 0.25) is 0 Å². The van der Waals surface area contributed by atoms with Gasteiger partial charge in [-0.25, -0.2) is 8.78 Å². The third-order valence-electron chi connectivity index (χ3n) is 1.85. The molecule has 0 heterocycles. The summed E-state index contributed by atoms with van der Waals surface area (Å²) in [6.45, 7) is 0. The summed E-state index contributed by atoms with van der Waals surface area (Å²) in [5, 5.41) is 0. The number of allylic oxidation sites excluding steroid dienone is 4. The van der Waals surface area contributed by atoms with Gasteiger partial charge in [0.05, 0.1) is 11.1 Å². The van der Waals surface area contributed by atoms with E-state index in [9.17, 15) is 35.1 Å². The van der Waals surface area contributed by atoms with E-state index in [4.69, 9.17) is 0 Å². The van der Waals surface area contributed by atoms with Gasteiger partial charge in [0.15, 0.2) is 0 Å². The topological polar surface area (TPSA) is 0 Å². The molecule has 92 valence electrons. The summed E-state index contributed by atoms with van der Waals surface area (Å²) >= 11 is 0. The Morgan fingerprint density at radius 2 is 1.50 bits per heavy atom. The maximum atomic E-state index is 12.8. The summed E-state index contributed by atoms with van der Waals surface area (Å²) < 4.78 is 98.1. The Bertz CT molecular complexity index is 342. The van der Waals surface area contributed by atoms with E-state index >= 15 is 0 Å². The molecule has 0 radical (unpaired) electrons. The molecule has 16 heavy (non-hydrogen) atoms.